The number of rotatable bonds is 11. The van der Waals surface area contributed by atoms with Gasteiger partial charge >= 0.3 is 13.7 Å². The zero-order valence-electron chi connectivity index (χ0n) is 22.7. The zero-order chi connectivity index (χ0) is 28.0. The van der Waals surface area contributed by atoms with Gasteiger partial charge in [0.1, 0.15) is 23.5 Å². The van der Waals surface area contributed by atoms with Crippen LogP contribution < -0.4 is 19.9 Å². The van der Waals surface area contributed by atoms with Crippen LogP contribution in [0.3, 0.4) is 0 Å². The molecular formula is C28H39N3O7P+. The second-order valence-electron chi connectivity index (χ2n) is 10.4. The summed E-state index contributed by atoms with van der Waals surface area (Å²) in [6.45, 7) is 5.61. The lowest BCUT2D eigenvalue weighted by atomic mass is 9.93. The maximum atomic E-state index is 13.9. The Morgan fingerprint density at radius 1 is 1.10 bits per heavy atom. The molecule has 2 unspecified atom stereocenters. The summed E-state index contributed by atoms with van der Waals surface area (Å²) in [6.07, 6.45) is 7.43. The van der Waals surface area contributed by atoms with Crippen molar-refractivity contribution in [2.24, 2.45) is 17.6 Å². The fraction of sp³-hybridized carbons (Fsp3) is 0.536. The minimum absolute atomic E-state index is 0.0265. The highest BCUT2D eigenvalue weighted by Crippen LogP contribution is 2.47. The average molecular weight is 561 g/mol. The van der Waals surface area contributed by atoms with Gasteiger partial charge in [0.2, 0.25) is 0 Å². The summed E-state index contributed by atoms with van der Waals surface area (Å²) in [7, 11) is -4.01. The molecule has 2 aromatic rings. The zero-order valence-corrected chi connectivity index (χ0v) is 23.6. The predicted molar refractivity (Wildman–Crippen MR) is 144 cm³/mol. The van der Waals surface area contributed by atoms with E-state index in [1.165, 1.54) is 0 Å². The summed E-state index contributed by atoms with van der Waals surface area (Å²) < 4.78 is 39.4. The highest BCUT2D eigenvalue weighted by atomic mass is 31.2. The summed E-state index contributed by atoms with van der Waals surface area (Å²) in [6, 6.07) is 11.1. The number of hydrogen-bond donors (Lipinski definition) is 2. The van der Waals surface area contributed by atoms with Gasteiger partial charge in [0.25, 0.3) is 12.1 Å². The first kappa shape index (κ1) is 29.2. The molecule has 1 aliphatic carbocycles. The Morgan fingerprint density at radius 2 is 1.82 bits per heavy atom. The van der Waals surface area contributed by atoms with Crippen LogP contribution in [-0.2, 0) is 23.4 Å². The molecule has 3 N–H and O–H groups in total. The highest BCUT2D eigenvalue weighted by Gasteiger charge is 2.46. The van der Waals surface area contributed by atoms with Crippen LogP contribution in [0.25, 0.3) is 0 Å². The second kappa shape index (κ2) is 13.0. The Bertz CT molecular complexity index is 1170. The molecule has 1 saturated carbocycles. The van der Waals surface area contributed by atoms with E-state index in [2.05, 4.69) is 5.09 Å². The first-order valence-corrected chi connectivity index (χ1v) is 15.1. The molecular weight excluding hydrogens is 521 g/mol. The van der Waals surface area contributed by atoms with Gasteiger partial charge in [-0.05, 0) is 56.7 Å². The van der Waals surface area contributed by atoms with Crippen molar-refractivity contribution in [3.05, 3.63) is 60.4 Å². The van der Waals surface area contributed by atoms with E-state index in [1.807, 2.05) is 30.7 Å². The minimum Gasteiger partial charge on any atom is -0.461 e. The molecule has 1 saturated heterocycles. The number of nitrogens with two attached hydrogens (primary N) is 1. The molecule has 6 atom stereocenters. The topological polar surface area (TPSA) is 130 Å². The lowest BCUT2D eigenvalue weighted by molar-refractivity contribution is -0.765. The Hall–Kier alpha value is -2.78. The van der Waals surface area contributed by atoms with E-state index in [-0.39, 0.29) is 30.8 Å². The van der Waals surface area contributed by atoms with Crippen molar-refractivity contribution >= 4 is 19.6 Å². The Kier molecular flexibility index (Phi) is 9.77. The number of carbonyl (C=O) groups is 2. The Balaban J connectivity index is 1.44. The molecule has 39 heavy (non-hydrogen) atoms. The van der Waals surface area contributed by atoms with Gasteiger partial charge < -0.3 is 19.7 Å². The van der Waals surface area contributed by atoms with E-state index >= 15 is 0 Å². The van der Waals surface area contributed by atoms with Crippen molar-refractivity contribution in [2.45, 2.75) is 77.4 Å². The first-order chi connectivity index (χ1) is 18.6. The number of hydrogen-bond acceptors (Lipinski definition) is 7. The number of ether oxygens (including phenoxy) is 2. The third-order valence-corrected chi connectivity index (χ3v) is 9.14. The summed E-state index contributed by atoms with van der Waals surface area (Å²) in [5.74, 6) is -0.597. The molecule has 1 aliphatic heterocycles. The maximum absolute atomic E-state index is 13.9. The van der Waals surface area contributed by atoms with E-state index in [0.29, 0.717) is 11.3 Å². The molecule has 0 spiro atoms. The fourth-order valence-electron chi connectivity index (χ4n) is 4.98. The smallest absolute Gasteiger partial charge is 0.459 e. The highest BCUT2D eigenvalue weighted by molar-refractivity contribution is 7.52. The van der Waals surface area contributed by atoms with Crippen molar-refractivity contribution in [1.82, 2.24) is 5.09 Å². The quantitative estimate of drug-likeness (QED) is 0.236. The number of primary amides is 1. The third-order valence-electron chi connectivity index (χ3n) is 7.50. The van der Waals surface area contributed by atoms with Crippen molar-refractivity contribution in [3.63, 3.8) is 0 Å². The van der Waals surface area contributed by atoms with Crippen LogP contribution in [0.4, 0.5) is 0 Å². The Labute approximate surface area is 229 Å². The molecule has 10 nitrogen and oxygen atoms in total. The van der Waals surface area contributed by atoms with Gasteiger partial charge in [0.15, 0.2) is 12.4 Å². The molecule has 4 rings (SSSR count). The summed E-state index contributed by atoms with van der Waals surface area (Å²) in [5.41, 5.74) is 5.82. The molecule has 0 radical (unpaired) electrons. The third kappa shape index (κ3) is 7.66. The predicted octanol–water partition coefficient (Wildman–Crippen LogP) is 4.30. The van der Waals surface area contributed by atoms with E-state index in [9.17, 15) is 14.2 Å². The molecule has 1 aromatic carbocycles. The molecule has 2 fully saturated rings. The average Bonchev–Trinajstić information content (AvgIpc) is 3.22. The van der Waals surface area contributed by atoms with Crippen molar-refractivity contribution < 1.29 is 37.2 Å². The van der Waals surface area contributed by atoms with Crippen molar-refractivity contribution in [2.75, 3.05) is 6.61 Å². The van der Waals surface area contributed by atoms with Crippen molar-refractivity contribution in [3.8, 4) is 5.75 Å². The number of amides is 1. The van der Waals surface area contributed by atoms with E-state index in [0.717, 1.165) is 32.1 Å². The number of esters is 1. The monoisotopic (exact) mass is 560 g/mol. The standard InChI is InChI=1S/C28H38N3O7P/c1-19-20(2)27(31-16-10-11-22(17-31)26(29)32)37-25(19)18-35-39(34,38-24-14-8-5-9-15-24)30-21(3)28(33)36-23-12-6-4-7-13-23/h5,8-11,14-17,19-21,23,25,27H,4,6-7,12-13,18H2,1-3H3,(H2-,29,30,32,34)/p+1/t19?,20-,21-,25+,27+,39?/m0/s1. The van der Waals surface area contributed by atoms with Crippen LogP contribution in [-0.4, -0.2) is 36.7 Å². The van der Waals surface area contributed by atoms with Crippen LogP contribution >= 0.6 is 7.75 Å². The first-order valence-electron chi connectivity index (χ1n) is 13.6. The summed E-state index contributed by atoms with van der Waals surface area (Å²) in [5, 5.41) is 2.77. The lowest BCUT2D eigenvalue weighted by Crippen LogP contribution is -2.42. The number of nitrogens with zero attached hydrogens (tertiary/aromatic N) is 1. The fourth-order valence-corrected chi connectivity index (χ4v) is 6.48. The van der Waals surface area contributed by atoms with Crippen LogP contribution in [0.1, 0.15) is 69.5 Å². The molecule has 212 valence electrons. The van der Waals surface area contributed by atoms with Gasteiger partial charge in [-0.25, -0.2) is 4.57 Å². The van der Waals surface area contributed by atoms with Gasteiger partial charge in [-0.1, -0.05) is 38.5 Å². The number of nitrogens with one attached hydrogen (secondary N) is 1. The van der Waals surface area contributed by atoms with Gasteiger partial charge in [-0.3, -0.25) is 14.1 Å². The molecule has 1 aromatic heterocycles. The second-order valence-corrected chi connectivity index (χ2v) is 12.1. The lowest BCUT2D eigenvalue weighted by Gasteiger charge is -2.27. The molecule has 2 heterocycles. The number of para-hydroxylation sites is 1. The van der Waals surface area contributed by atoms with Crippen LogP contribution in [0.5, 0.6) is 5.75 Å². The SMILES string of the molecule is CC1[C@@H](COP(=O)(N[C@@H](C)C(=O)OC2CCCCC2)Oc2ccccc2)O[C@@H]([n+]2cccc(C(N)=O)c2)[C@H]1C. The van der Waals surface area contributed by atoms with Gasteiger partial charge in [0, 0.05) is 6.07 Å². The molecule has 2 aliphatic rings. The van der Waals surface area contributed by atoms with Gasteiger partial charge in [-0.15, -0.1) is 0 Å². The van der Waals surface area contributed by atoms with Crippen LogP contribution in [0.2, 0.25) is 0 Å². The van der Waals surface area contributed by atoms with Gasteiger partial charge in [0.05, 0.1) is 18.6 Å². The minimum atomic E-state index is -4.01. The largest absolute Gasteiger partial charge is 0.461 e. The number of benzene rings is 1. The summed E-state index contributed by atoms with van der Waals surface area (Å²) in [4.78, 5) is 24.4. The van der Waals surface area contributed by atoms with Crippen LogP contribution in [0, 0.1) is 11.8 Å². The Morgan fingerprint density at radius 3 is 2.51 bits per heavy atom. The summed E-state index contributed by atoms with van der Waals surface area (Å²) >= 11 is 0. The van der Waals surface area contributed by atoms with E-state index < -0.39 is 31.8 Å². The normalized spacial score (nSPS) is 25.9. The maximum Gasteiger partial charge on any atom is 0.459 e. The van der Waals surface area contributed by atoms with Crippen LogP contribution in [0.15, 0.2) is 54.9 Å². The van der Waals surface area contributed by atoms with Gasteiger partial charge in [-0.2, -0.15) is 9.65 Å². The number of aromatic nitrogens is 1. The molecule has 0 bridgehead atoms. The number of pyridine rings is 1. The molecule has 11 heteroatoms. The van der Waals surface area contributed by atoms with Crippen molar-refractivity contribution in [1.29, 1.82) is 0 Å². The van der Waals surface area contributed by atoms with E-state index in [1.54, 1.807) is 49.5 Å². The van der Waals surface area contributed by atoms with E-state index in [4.69, 9.17) is 24.3 Å². The molecule has 1 amide bonds. The number of carbonyl (C=O) groups excluding carboxylic acids is 2.